The summed E-state index contributed by atoms with van der Waals surface area (Å²) in [7, 11) is -5.72. The molecule has 0 amide bonds. The lowest BCUT2D eigenvalue weighted by Crippen LogP contribution is -2.52. The van der Waals surface area contributed by atoms with Crippen LogP contribution in [0.5, 0.6) is 0 Å². The number of rotatable bonds is 4. The molecule has 124 valence electrons. The highest BCUT2D eigenvalue weighted by Gasteiger charge is 2.32. The van der Waals surface area contributed by atoms with Crippen molar-refractivity contribution in [1.82, 2.24) is 4.72 Å². The van der Waals surface area contributed by atoms with Gasteiger partial charge in [0.15, 0.2) is 0 Å². The van der Waals surface area contributed by atoms with Gasteiger partial charge in [0.05, 0.1) is 4.90 Å². The standard InChI is InChI=1S/C17H21NO3S2/c1-12(2)14-8-9-17(16-7-5-4-6-15(14)16)23(20,21)18-13-10-22(3,19)11-13/h4-9,12-13,18H,3,10-11H2,1-2H3. The highest BCUT2D eigenvalue weighted by atomic mass is 32.2. The van der Waals surface area contributed by atoms with E-state index in [0.717, 1.165) is 16.3 Å². The van der Waals surface area contributed by atoms with Gasteiger partial charge in [-0.15, -0.1) is 0 Å². The van der Waals surface area contributed by atoms with Crippen LogP contribution in [0.15, 0.2) is 41.3 Å². The van der Waals surface area contributed by atoms with Gasteiger partial charge in [0, 0.05) is 22.9 Å². The minimum absolute atomic E-state index is 0.278. The number of hydrogen-bond acceptors (Lipinski definition) is 3. The fourth-order valence-corrected chi connectivity index (χ4v) is 6.26. The third-order valence-electron chi connectivity index (χ3n) is 4.16. The van der Waals surface area contributed by atoms with Crippen molar-refractivity contribution in [2.45, 2.75) is 30.7 Å². The van der Waals surface area contributed by atoms with Crippen LogP contribution in [0.3, 0.4) is 0 Å². The molecule has 0 aromatic heterocycles. The Balaban J connectivity index is 2.04. The molecular weight excluding hydrogens is 330 g/mol. The first-order valence-corrected chi connectivity index (χ1v) is 11.1. The molecule has 1 aliphatic rings. The topological polar surface area (TPSA) is 63.2 Å². The van der Waals surface area contributed by atoms with Crippen LogP contribution in [0.2, 0.25) is 0 Å². The summed E-state index contributed by atoms with van der Waals surface area (Å²) >= 11 is 0. The third kappa shape index (κ3) is 3.16. The van der Waals surface area contributed by atoms with Gasteiger partial charge in [-0.25, -0.2) is 13.1 Å². The molecule has 4 nitrogen and oxygen atoms in total. The van der Waals surface area contributed by atoms with E-state index in [2.05, 4.69) is 24.4 Å². The third-order valence-corrected chi connectivity index (χ3v) is 7.76. The van der Waals surface area contributed by atoms with E-state index in [0.29, 0.717) is 17.4 Å². The summed E-state index contributed by atoms with van der Waals surface area (Å²) in [4.78, 5) is 0.278. The molecule has 1 saturated heterocycles. The van der Waals surface area contributed by atoms with Crippen molar-refractivity contribution < 1.29 is 12.6 Å². The Morgan fingerprint density at radius 2 is 1.74 bits per heavy atom. The molecule has 0 aliphatic carbocycles. The lowest BCUT2D eigenvalue weighted by atomic mass is 9.96. The molecule has 2 aromatic rings. The number of nitrogens with one attached hydrogen (secondary N) is 1. The van der Waals surface area contributed by atoms with E-state index in [1.54, 1.807) is 6.07 Å². The van der Waals surface area contributed by atoms with E-state index in [1.807, 2.05) is 30.3 Å². The molecule has 1 N–H and O–H groups in total. The second-order valence-electron chi connectivity index (χ2n) is 6.47. The van der Waals surface area contributed by atoms with Crippen LogP contribution in [0.4, 0.5) is 0 Å². The fraction of sp³-hybridized carbons (Fsp3) is 0.353. The van der Waals surface area contributed by atoms with Crippen LogP contribution in [0, 0.1) is 0 Å². The lowest BCUT2D eigenvalue weighted by molar-refractivity contribution is 0.563. The van der Waals surface area contributed by atoms with E-state index < -0.39 is 19.5 Å². The number of fused-ring (bicyclic) bond motifs is 1. The second-order valence-corrected chi connectivity index (χ2v) is 10.8. The summed E-state index contributed by atoms with van der Waals surface area (Å²) in [5.41, 5.74) is 1.13. The Bertz CT molecular complexity index is 948. The fourth-order valence-electron chi connectivity index (χ4n) is 3.07. The Hall–Kier alpha value is -1.37. The minimum Gasteiger partial charge on any atom is -0.268 e. The Morgan fingerprint density at radius 3 is 2.30 bits per heavy atom. The number of sulfonamides is 1. The highest BCUT2D eigenvalue weighted by molar-refractivity contribution is 8.01. The average molecular weight is 351 g/mol. The first-order chi connectivity index (χ1) is 10.7. The van der Waals surface area contributed by atoms with Gasteiger partial charge in [0.1, 0.15) is 0 Å². The molecule has 1 fully saturated rings. The normalized spacial score (nSPS) is 24.7. The molecule has 0 spiro atoms. The molecule has 2 aromatic carbocycles. The minimum atomic E-state index is -3.64. The molecule has 0 unspecified atom stereocenters. The Labute approximate surface area is 138 Å². The quantitative estimate of drug-likeness (QED) is 0.860. The summed E-state index contributed by atoms with van der Waals surface area (Å²) in [5, 5.41) is 1.68. The van der Waals surface area contributed by atoms with Crippen molar-refractivity contribution in [3.8, 4) is 0 Å². The second kappa shape index (κ2) is 5.61. The summed E-state index contributed by atoms with van der Waals surface area (Å²) in [5.74, 6) is 4.54. The molecular formula is C17H21NO3S2. The molecule has 0 radical (unpaired) electrons. The average Bonchev–Trinajstić information content (AvgIpc) is 2.43. The molecule has 23 heavy (non-hydrogen) atoms. The summed E-state index contributed by atoms with van der Waals surface area (Å²) in [6.07, 6.45) is 0. The van der Waals surface area contributed by atoms with Gasteiger partial charge in [-0.05, 0) is 38.3 Å². The van der Waals surface area contributed by atoms with Gasteiger partial charge in [-0.3, -0.25) is 4.21 Å². The van der Waals surface area contributed by atoms with Crippen molar-refractivity contribution in [3.05, 3.63) is 42.0 Å². The summed E-state index contributed by atoms with van der Waals surface area (Å²) in [6.45, 7) is 4.18. The first-order valence-electron chi connectivity index (χ1n) is 7.56. The van der Waals surface area contributed by atoms with Crippen LogP contribution in [0.25, 0.3) is 10.8 Å². The smallest absolute Gasteiger partial charge is 0.241 e. The predicted molar refractivity (Wildman–Crippen MR) is 97.1 cm³/mol. The van der Waals surface area contributed by atoms with Crippen LogP contribution < -0.4 is 4.72 Å². The maximum absolute atomic E-state index is 12.7. The lowest BCUT2D eigenvalue weighted by Gasteiger charge is -2.30. The molecule has 1 heterocycles. The maximum atomic E-state index is 12.7. The molecule has 6 heteroatoms. The van der Waals surface area contributed by atoms with Gasteiger partial charge in [0.25, 0.3) is 0 Å². The number of benzene rings is 2. The molecule has 0 atom stereocenters. The van der Waals surface area contributed by atoms with Gasteiger partial charge < -0.3 is 0 Å². The molecule has 3 rings (SSSR count). The molecule has 0 bridgehead atoms. The monoisotopic (exact) mass is 351 g/mol. The van der Waals surface area contributed by atoms with Crippen molar-refractivity contribution in [2.75, 3.05) is 11.5 Å². The van der Waals surface area contributed by atoms with Crippen LogP contribution in [-0.4, -0.2) is 36.0 Å². The zero-order valence-corrected chi connectivity index (χ0v) is 14.9. The predicted octanol–water partition coefficient (Wildman–Crippen LogP) is 2.34. The van der Waals surface area contributed by atoms with Crippen molar-refractivity contribution in [1.29, 1.82) is 0 Å². The van der Waals surface area contributed by atoms with E-state index in [-0.39, 0.29) is 10.9 Å². The zero-order valence-electron chi connectivity index (χ0n) is 13.3. The van der Waals surface area contributed by atoms with E-state index in [1.165, 1.54) is 0 Å². The van der Waals surface area contributed by atoms with E-state index in [9.17, 15) is 12.6 Å². The van der Waals surface area contributed by atoms with Crippen molar-refractivity contribution in [3.63, 3.8) is 0 Å². The van der Waals surface area contributed by atoms with Crippen LogP contribution in [-0.2, 0) is 19.5 Å². The van der Waals surface area contributed by atoms with Gasteiger partial charge in [-0.2, -0.15) is 0 Å². The largest absolute Gasteiger partial charge is 0.268 e. The summed E-state index contributed by atoms with van der Waals surface area (Å²) in [6, 6.07) is 10.8. The van der Waals surface area contributed by atoms with E-state index >= 15 is 0 Å². The molecule has 0 saturated carbocycles. The van der Waals surface area contributed by atoms with Crippen molar-refractivity contribution >= 4 is 36.2 Å². The Morgan fingerprint density at radius 1 is 1.13 bits per heavy atom. The van der Waals surface area contributed by atoms with E-state index in [4.69, 9.17) is 0 Å². The van der Waals surface area contributed by atoms with Gasteiger partial charge >= 0.3 is 0 Å². The van der Waals surface area contributed by atoms with Gasteiger partial charge in [-0.1, -0.05) is 44.2 Å². The number of hydrogen-bond donors (Lipinski definition) is 1. The zero-order chi connectivity index (χ0) is 16.8. The molecule has 1 aliphatic heterocycles. The van der Waals surface area contributed by atoms with Gasteiger partial charge in [0.2, 0.25) is 10.0 Å². The van der Waals surface area contributed by atoms with Crippen LogP contribution in [0.1, 0.15) is 25.3 Å². The van der Waals surface area contributed by atoms with Crippen LogP contribution >= 0.6 is 0 Å². The summed E-state index contributed by atoms with van der Waals surface area (Å²) < 4.78 is 39.8. The SMILES string of the molecule is C=S1(=O)CC(NS(=O)(=O)c2ccc(C(C)C)c3ccccc23)C1. The van der Waals surface area contributed by atoms with Crippen molar-refractivity contribution in [2.24, 2.45) is 0 Å². The first kappa shape index (κ1) is 16.5. The maximum Gasteiger partial charge on any atom is 0.241 e. The Kier molecular flexibility index (Phi) is 4.02. The highest BCUT2D eigenvalue weighted by Crippen LogP contribution is 2.30.